The third-order valence-electron chi connectivity index (χ3n) is 2.60. The van der Waals surface area contributed by atoms with Gasteiger partial charge < -0.3 is 9.80 Å². The van der Waals surface area contributed by atoms with Crippen molar-refractivity contribution in [2.24, 2.45) is 0 Å². The number of rotatable bonds is 7. The largest absolute Gasteiger partial charge is 1.00 e. The van der Waals surface area contributed by atoms with Crippen LogP contribution < -0.4 is 0 Å². The van der Waals surface area contributed by atoms with Gasteiger partial charge in [0, 0.05) is 18.9 Å². The van der Waals surface area contributed by atoms with Crippen LogP contribution in [0.1, 0.15) is 40.5 Å². The molecule has 0 radical (unpaired) electrons. The van der Waals surface area contributed by atoms with Crippen LogP contribution in [0.5, 0.6) is 0 Å². The van der Waals surface area contributed by atoms with E-state index >= 15 is 0 Å². The summed E-state index contributed by atoms with van der Waals surface area (Å²) in [5.41, 5.74) is 0. The summed E-state index contributed by atoms with van der Waals surface area (Å²) >= 11 is 0. The molecule has 128 valence electrons. The van der Waals surface area contributed by atoms with Crippen LogP contribution in [0.15, 0.2) is 25.2 Å². The molecule has 1 aliphatic rings. The molecule has 0 aromatic heterocycles. The molecule has 0 unspecified atom stereocenters. The quantitative estimate of drug-likeness (QED) is 0.291. The molecule has 0 aromatic rings. The Balaban J connectivity index is 0. The monoisotopic (exact) mass is 340 g/mol. The van der Waals surface area contributed by atoms with E-state index in [2.05, 4.69) is 35.7 Å². The number of hydrogen-bond acceptors (Lipinski definition) is 2. The zero-order valence-corrected chi connectivity index (χ0v) is 12.9. The van der Waals surface area contributed by atoms with Gasteiger partial charge in [0.1, 0.15) is 0 Å². The van der Waals surface area contributed by atoms with Gasteiger partial charge in [-0.2, -0.15) is 0 Å². The van der Waals surface area contributed by atoms with Crippen LogP contribution in [0.2, 0.25) is 0 Å². The van der Waals surface area contributed by atoms with Gasteiger partial charge in [-0.25, -0.2) is 0 Å². The van der Waals surface area contributed by atoms with E-state index < -0.39 is 7.81 Å². The molecule has 0 aliphatic carbocycles. The molecule has 2 nitrogen and oxygen atoms in total. The maximum Gasteiger partial charge on any atom is 1.00 e. The van der Waals surface area contributed by atoms with Crippen molar-refractivity contribution in [3.8, 4) is 0 Å². The van der Waals surface area contributed by atoms with Crippen molar-refractivity contribution in [2.45, 2.75) is 39.0 Å². The van der Waals surface area contributed by atoms with Crippen LogP contribution in [0.25, 0.3) is 0 Å². The Morgan fingerprint density at radius 1 is 1.05 bits per heavy atom. The van der Waals surface area contributed by atoms with Crippen LogP contribution in [0.4, 0.5) is 25.2 Å². The van der Waals surface area contributed by atoms with E-state index in [1.807, 2.05) is 6.20 Å². The molecule has 0 amide bonds. The van der Waals surface area contributed by atoms with Gasteiger partial charge in [0.2, 0.25) is 0 Å². The van der Waals surface area contributed by atoms with E-state index in [9.17, 15) is 25.2 Å². The Hall–Kier alpha value is -0.910. The first-order valence-electron chi connectivity index (χ1n) is 6.69. The molecule has 0 atom stereocenters. The summed E-state index contributed by atoms with van der Waals surface area (Å²) in [5, 5.41) is 0. The normalized spacial score (nSPS) is 17.9. The van der Waals surface area contributed by atoms with Gasteiger partial charge in [0.15, 0.2) is 0 Å². The first-order valence-corrected chi connectivity index (χ1v) is 8.71. The number of hydrogen-bond donors (Lipinski definition) is 0. The third kappa shape index (κ3) is 19.1. The second kappa shape index (κ2) is 6.90. The predicted octanol–water partition coefficient (Wildman–Crippen LogP) is 6.64. The van der Waals surface area contributed by atoms with Crippen molar-refractivity contribution in [3.05, 3.63) is 25.2 Å². The van der Waals surface area contributed by atoms with Crippen molar-refractivity contribution in [1.82, 2.24) is 9.80 Å². The summed E-state index contributed by atoms with van der Waals surface area (Å²) in [7, 11) is -10.7. The molecule has 21 heavy (non-hydrogen) atoms. The fraction of sp³-hybridized carbons (Fsp3) is 0.667. The molecule has 1 rings (SSSR count). The van der Waals surface area contributed by atoms with E-state index in [0.717, 1.165) is 6.67 Å². The molecule has 0 bridgehead atoms. The van der Waals surface area contributed by atoms with E-state index in [0.29, 0.717) is 0 Å². The van der Waals surface area contributed by atoms with Crippen LogP contribution in [-0.2, 0) is 0 Å². The Morgan fingerprint density at radius 3 is 2.00 bits per heavy atom. The smallest absolute Gasteiger partial charge is 1.00 e. The molecular weight excluding hydrogens is 317 g/mol. The molecule has 0 fully saturated rings. The topological polar surface area (TPSA) is 6.48 Å². The fourth-order valence-corrected chi connectivity index (χ4v) is 1.67. The first-order chi connectivity index (χ1) is 9.31. The molecule has 0 aromatic carbocycles. The Morgan fingerprint density at radius 2 is 1.57 bits per heavy atom. The first kappa shape index (κ1) is 20.1. The van der Waals surface area contributed by atoms with Crippen LogP contribution in [-0.4, -0.2) is 23.0 Å². The standard InChI is InChI=1S/C12H22N2.F6P/c1-3-5-6-7-8-9-14-11-10-13(4-2)12-14;1-7(2,3,4,5)6/h4,10-11H,2-3,5-9,12H2,1H3;/q;-1/p+1. The summed E-state index contributed by atoms with van der Waals surface area (Å²) < 4.78 is 59.2. The molecule has 0 saturated carbocycles. The number of halogens is 6. The second-order valence-electron chi connectivity index (χ2n) is 4.82. The van der Waals surface area contributed by atoms with Crippen molar-refractivity contribution < 1.29 is 26.6 Å². The maximum absolute atomic E-state index is 10.7. The molecular formula is C12H23F6N2P. The molecule has 1 heterocycles. The Labute approximate surface area is 122 Å². The van der Waals surface area contributed by atoms with Gasteiger partial charge in [0.25, 0.3) is 0 Å². The predicted molar refractivity (Wildman–Crippen MR) is 76.2 cm³/mol. The van der Waals surface area contributed by atoms with Gasteiger partial charge in [0.05, 0.1) is 6.67 Å². The summed E-state index contributed by atoms with van der Waals surface area (Å²) in [6.07, 6.45) is 12.9. The summed E-state index contributed by atoms with van der Waals surface area (Å²) in [6, 6.07) is 0. The van der Waals surface area contributed by atoms with Gasteiger partial charge in [-0.15, -0.1) is 0 Å². The van der Waals surface area contributed by atoms with Crippen LogP contribution in [0.3, 0.4) is 0 Å². The number of unbranched alkanes of at least 4 members (excludes halogenated alkanes) is 4. The Bertz CT molecular complexity index is 345. The van der Waals surface area contributed by atoms with E-state index in [1.54, 1.807) is 0 Å². The van der Waals surface area contributed by atoms with Crippen molar-refractivity contribution >= 4 is 7.81 Å². The summed E-state index contributed by atoms with van der Waals surface area (Å²) in [4.78, 5) is 4.44. The average Bonchev–Trinajstić information content (AvgIpc) is 2.72. The molecule has 9 heteroatoms. The van der Waals surface area contributed by atoms with Gasteiger partial charge in [-0.1, -0.05) is 39.2 Å². The van der Waals surface area contributed by atoms with Gasteiger partial charge in [-0.3, -0.25) is 0 Å². The zero-order chi connectivity index (χ0) is 16.6. The van der Waals surface area contributed by atoms with Crippen molar-refractivity contribution in [1.29, 1.82) is 0 Å². The molecule has 0 N–H and O–H groups in total. The van der Waals surface area contributed by atoms with E-state index in [1.165, 1.54) is 38.6 Å². The van der Waals surface area contributed by atoms with Gasteiger partial charge >= 0.3 is 34.4 Å². The summed E-state index contributed by atoms with van der Waals surface area (Å²) in [5.74, 6) is 0. The minimum atomic E-state index is -10.7. The molecule has 0 spiro atoms. The van der Waals surface area contributed by atoms with Crippen molar-refractivity contribution in [2.75, 3.05) is 13.2 Å². The number of nitrogens with zero attached hydrogens (tertiary/aromatic N) is 2. The van der Waals surface area contributed by atoms with Crippen LogP contribution >= 0.6 is 7.81 Å². The Kier molecular flexibility index (Phi) is 6.60. The SMILES string of the molecule is C=CN1C=CN(CCCCCCC)C1.F[P-](F)(F)(F)(F)F.[H+]. The maximum atomic E-state index is 9.87. The molecule has 0 saturated heterocycles. The van der Waals surface area contributed by atoms with Crippen LogP contribution in [0, 0.1) is 0 Å². The fourth-order valence-electron chi connectivity index (χ4n) is 1.67. The minimum Gasteiger partial charge on any atom is 1.00 e. The summed E-state index contributed by atoms with van der Waals surface area (Å²) in [6.45, 7) is 8.17. The van der Waals surface area contributed by atoms with E-state index in [-0.39, 0.29) is 1.43 Å². The van der Waals surface area contributed by atoms with Crippen molar-refractivity contribution in [3.63, 3.8) is 0 Å². The van der Waals surface area contributed by atoms with Gasteiger partial charge in [-0.05, 0) is 12.6 Å². The minimum absolute atomic E-state index is 0. The zero-order valence-electron chi connectivity index (χ0n) is 13.0. The molecule has 1 aliphatic heterocycles. The average molecular weight is 340 g/mol. The van der Waals surface area contributed by atoms with E-state index in [4.69, 9.17) is 0 Å². The second-order valence-corrected chi connectivity index (χ2v) is 6.74. The third-order valence-corrected chi connectivity index (χ3v) is 2.60.